The average Bonchev–Trinajstić information content (AvgIpc) is 2.67. The third-order valence-electron chi connectivity index (χ3n) is 5.36. The summed E-state index contributed by atoms with van der Waals surface area (Å²) in [6, 6.07) is 11.7. The molecule has 31 heavy (non-hydrogen) atoms. The van der Waals surface area contributed by atoms with E-state index in [1.54, 1.807) is 43.3 Å². The van der Waals surface area contributed by atoms with Crippen LogP contribution < -0.4 is 10.0 Å². The van der Waals surface area contributed by atoms with E-state index in [0.717, 1.165) is 12.7 Å². The van der Waals surface area contributed by atoms with Crippen molar-refractivity contribution in [2.75, 3.05) is 29.4 Å². The molecule has 2 aromatic rings. The molecule has 0 aliphatic carbocycles. The molecule has 3 rings (SSSR count). The molecule has 2 atom stereocenters. The lowest BCUT2D eigenvalue weighted by molar-refractivity contribution is 0.0624. The van der Waals surface area contributed by atoms with Crippen LogP contribution in [-0.2, 0) is 10.0 Å². The van der Waals surface area contributed by atoms with Crippen LogP contribution in [0.3, 0.4) is 0 Å². The Bertz CT molecular complexity index is 1090. The lowest BCUT2D eigenvalue weighted by Gasteiger charge is -2.35. The number of sulfonamides is 1. The van der Waals surface area contributed by atoms with Crippen molar-refractivity contribution in [3.8, 4) is 0 Å². The van der Waals surface area contributed by atoms with Crippen LogP contribution in [-0.4, -0.2) is 44.5 Å². The van der Waals surface area contributed by atoms with Gasteiger partial charge in [0.25, 0.3) is 11.8 Å². The fourth-order valence-electron chi connectivity index (χ4n) is 4.05. The number of hydrogen-bond donors (Lipinski definition) is 2. The summed E-state index contributed by atoms with van der Waals surface area (Å²) >= 11 is 0. The zero-order valence-electron chi connectivity index (χ0n) is 18.3. The zero-order chi connectivity index (χ0) is 22.8. The third kappa shape index (κ3) is 5.85. The second-order valence-corrected chi connectivity index (χ2v) is 10.3. The first kappa shape index (κ1) is 22.8. The van der Waals surface area contributed by atoms with Gasteiger partial charge in [-0.25, -0.2) is 8.42 Å². The van der Waals surface area contributed by atoms with Crippen LogP contribution in [0.1, 0.15) is 46.5 Å². The van der Waals surface area contributed by atoms with Crippen molar-refractivity contribution in [2.45, 2.75) is 27.2 Å². The van der Waals surface area contributed by atoms with Gasteiger partial charge in [-0.15, -0.1) is 0 Å². The van der Waals surface area contributed by atoms with Gasteiger partial charge in [-0.1, -0.05) is 32.0 Å². The van der Waals surface area contributed by atoms with E-state index in [2.05, 4.69) is 23.9 Å². The molecule has 1 heterocycles. The number of amides is 2. The number of carbonyl (C=O) groups is 2. The van der Waals surface area contributed by atoms with E-state index in [-0.39, 0.29) is 5.91 Å². The minimum Gasteiger partial charge on any atom is -0.338 e. The lowest BCUT2D eigenvalue weighted by atomic mass is 9.91. The summed E-state index contributed by atoms with van der Waals surface area (Å²) in [7, 11) is -3.47. The first-order chi connectivity index (χ1) is 14.5. The number of nitrogens with one attached hydrogen (secondary N) is 2. The molecule has 2 aromatic carbocycles. The lowest BCUT2D eigenvalue weighted by Crippen LogP contribution is -2.42. The van der Waals surface area contributed by atoms with Gasteiger partial charge in [0.2, 0.25) is 10.0 Å². The molecular formula is C23H29N3O4S. The van der Waals surface area contributed by atoms with Crippen LogP contribution in [0.15, 0.2) is 42.5 Å². The van der Waals surface area contributed by atoms with Gasteiger partial charge < -0.3 is 10.2 Å². The molecule has 0 aromatic heterocycles. The van der Waals surface area contributed by atoms with Crippen LogP contribution in [0.25, 0.3) is 0 Å². The van der Waals surface area contributed by atoms with Gasteiger partial charge in [-0.2, -0.15) is 0 Å². The molecule has 7 nitrogen and oxygen atoms in total. The van der Waals surface area contributed by atoms with E-state index in [4.69, 9.17) is 0 Å². The van der Waals surface area contributed by atoms with Crippen molar-refractivity contribution in [2.24, 2.45) is 11.8 Å². The Morgan fingerprint density at radius 2 is 1.65 bits per heavy atom. The molecule has 1 aliphatic heterocycles. The minimum absolute atomic E-state index is 0.0994. The van der Waals surface area contributed by atoms with Crippen molar-refractivity contribution in [3.63, 3.8) is 0 Å². The van der Waals surface area contributed by atoms with Crippen LogP contribution in [0, 0.1) is 18.8 Å². The smallest absolute Gasteiger partial charge is 0.255 e. The molecule has 2 N–H and O–H groups in total. The number of likely N-dealkylation sites (tertiary alicyclic amines) is 1. The van der Waals surface area contributed by atoms with E-state index in [1.165, 1.54) is 6.07 Å². The van der Waals surface area contributed by atoms with Gasteiger partial charge in [0, 0.05) is 18.7 Å². The normalized spacial score (nSPS) is 19.0. The third-order valence-corrected chi connectivity index (χ3v) is 5.95. The highest BCUT2D eigenvalue weighted by Gasteiger charge is 2.27. The molecule has 0 radical (unpaired) electrons. The summed E-state index contributed by atoms with van der Waals surface area (Å²) in [6.07, 6.45) is 2.16. The summed E-state index contributed by atoms with van der Waals surface area (Å²) in [5.41, 5.74) is 2.21. The van der Waals surface area contributed by atoms with Crippen LogP contribution in [0.5, 0.6) is 0 Å². The fourth-order valence-corrected chi connectivity index (χ4v) is 4.66. The van der Waals surface area contributed by atoms with Crippen molar-refractivity contribution in [3.05, 3.63) is 59.2 Å². The van der Waals surface area contributed by atoms with Crippen molar-refractivity contribution >= 4 is 33.2 Å². The number of nitrogens with zero attached hydrogens (tertiary/aromatic N) is 1. The molecule has 166 valence electrons. The molecule has 8 heteroatoms. The first-order valence-electron chi connectivity index (χ1n) is 10.3. The maximum absolute atomic E-state index is 13.2. The van der Waals surface area contributed by atoms with Gasteiger partial charge >= 0.3 is 0 Å². The Hall–Kier alpha value is -2.87. The van der Waals surface area contributed by atoms with Crippen LogP contribution in [0.2, 0.25) is 0 Å². The van der Waals surface area contributed by atoms with E-state index >= 15 is 0 Å². The number of para-hydroxylation sites is 1. The number of rotatable bonds is 5. The second kappa shape index (κ2) is 9.09. The number of benzene rings is 2. The maximum atomic E-state index is 13.2. The quantitative estimate of drug-likeness (QED) is 0.736. The Labute approximate surface area is 183 Å². The molecule has 2 amide bonds. The number of carbonyl (C=O) groups excluding carboxylic acids is 2. The molecule has 0 bridgehead atoms. The summed E-state index contributed by atoms with van der Waals surface area (Å²) < 4.78 is 25.6. The monoisotopic (exact) mass is 443 g/mol. The van der Waals surface area contributed by atoms with Gasteiger partial charge in [0.1, 0.15) is 0 Å². The van der Waals surface area contributed by atoms with E-state index < -0.39 is 15.9 Å². The average molecular weight is 444 g/mol. The number of hydrogen-bond acceptors (Lipinski definition) is 4. The molecule has 0 saturated carbocycles. The standard InChI is InChI=1S/C23H29N3O4S/c1-15-11-16(2)14-26(13-15)23(28)19-7-5-6-8-20(19)24-22(27)18-10-9-17(3)21(12-18)25-31(4,29)30/h5-10,12,15-16,25H,11,13-14H2,1-4H3,(H,24,27)/t15-,16-/m1/s1. The summed E-state index contributed by atoms with van der Waals surface area (Å²) in [5, 5.41) is 2.82. The summed E-state index contributed by atoms with van der Waals surface area (Å²) in [6.45, 7) is 7.43. The van der Waals surface area contributed by atoms with Crippen LogP contribution in [0.4, 0.5) is 11.4 Å². The summed E-state index contributed by atoms with van der Waals surface area (Å²) in [4.78, 5) is 27.9. The number of aryl methyl sites for hydroxylation is 1. The van der Waals surface area contributed by atoms with Crippen molar-refractivity contribution in [1.29, 1.82) is 0 Å². The molecule has 1 aliphatic rings. The van der Waals surface area contributed by atoms with Crippen molar-refractivity contribution in [1.82, 2.24) is 4.90 Å². The minimum atomic E-state index is -3.47. The summed E-state index contributed by atoms with van der Waals surface area (Å²) in [5.74, 6) is 0.348. The fraction of sp³-hybridized carbons (Fsp3) is 0.391. The Morgan fingerprint density at radius 1 is 1.00 bits per heavy atom. The van der Waals surface area contributed by atoms with E-state index in [0.29, 0.717) is 53.0 Å². The number of anilines is 2. The van der Waals surface area contributed by atoms with Crippen LogP contribution >= 0.6 is 0 Å². The second-order valence-electron chi connectivity index (χ2n) is 8.56. The zero-order valence-corrected chi connectivity index (χ0v) is 19.1. The Balaban J connectivity index is 1.83. The van der Waals surface area contributed by atoms with Gasteiger partial charge in [-0.3, -0.25) is 14.3 Å². The largest absolute Gasteiger partial charge is 0.338 e. The Morgan fingerprint density at radius 3 is 2.29 bits per heavy atom. The molecule has 1 saturated heterocycles. The van der Waals surface area contributed by atoms with Crippen molar-refractivity contribution < 1.29 is 18.0 Å². The first-order valence-corrected chi connectivity index (χ1v) is 12.2. The highest BCUT2D eigenvalue weighted by molar-refractivity contribution is 7.92. The van der Waals surface area contributed by atoms with Gasteiger partial charge in [0.05, 0.1) is 23.2 Å². The molecule has 1 fully saturated rings. The SMILES string of the molecule is Cc1ccc(C(=O)Nc2ccccc2C(=O)N2C[C@H](C)C[C@@H](C)C2)cc1NS(C)(=O)=O. The van der Waals surface area contributed by atoms with Gasteiger partial charge in [-0.05, 0) is 55.0 Å². The Kier molecular flexibility index (Phi) is 6.69. The van der Waals surface area contributed by atoms with Gasteiger partial charge in [0.15, 0.2) is 0 Å². The number of piperidine rings is 1. The van der Waals surface area contributed by atoms with E-state index in [9.17, 15) is 18.0 Å². The molecular weight excluding hydrogens is 414 g/mol. The topological polar surface area (TPSA) is 95.6 Å². The highest BCUT2D eigenvalue weighted by atomic mass is 32.2. The predicted octanol–water partition coefficient (Wildman–Crippen LogP) is 3.74. The predicted molar refractivity (Wildman–Crippen MR) is 123 cm³/mol. The molecule has 0 spiro atoms. The maximum Gasteiger partial charge on any atom is 0.255 e. The highest BCUT2D eigenvalue weighted by Crippen LogP contribution is 2.26. The van der Waals surface area contributed by atoms with E-state index in [1.807, 2.05) is 4.90 Å². The molecule has 0 unspecified atom stereocenters.